The fraction of sp³-hybridized carbons (Fsp3) is 0.533. The molecule has 2 nitrogen and oxygen atoms in total. The van der Waals surface area contributed by atoms with Gasteiger partial charge in [-0.15, -0.1) is 12.6 Å². The Morgan fingerprint density at radius 1 is 1.28 bits per heavy atom. The minimum atomic E-state index is 0.148. The van der Waals surface area contributed by atoms with E-state index in [1.807, 2.05) is 29.2 Å². The van der Waals surface area contributed by atoms with Gasteiger partial charge in [-0.05, 0) is 42.0 Å². The number of carbonyl (C=O) groups is 1. The van der Waals surface area contributed by atoms with Gasteiger partial charge in [-0.2, -0.15) is 0 Å². The van der Waals surface area contributed by atoms with E-state index < -0.39 is 0 Å². The topological polar surface area (TPSA) is 20.3 Å². The SMILES string of the molecule is CC(C)(C)C1CCN(C(=O)c2ccc(S)cc2)C1. The number of carbonyl (C=O) groups excluding carboxylic acids is 1. The lowest BCUT2D eigenvalue weighted by Crippen LogP contribution is -2.31. The lowest BCUT2D eigenvalue weighted by molar-refractivity contribution is 0.0776. The second kappa shape index (κ2) is 4.96. The van der Waals surface area contributed by atoms with Crippen LogP contribution >= 0.6 is 12.6 Å². The Hall–Kier alpha value is -0.960. The summed E-state index contributed by atoms with van der Waals surface area (Å²) in [6.07, 6.45) is 1.11. The summed E-state index contributed by atoms with van der Waals surface area (Å²) in [5, 5.41) is 0. The van der Waals surface area contributed by atoms with Crippen molar-refractivity contribution in [3.05, 3.63) is 29.8 Å². The zero-order valence-corrected chi connectivity index (χ0v) is 12.2. The second-order valence-electron chi connectivity index (χ2n) is 6.15. The van der Waals surface area contributed by atoms with Crippen LogP contribution in [0.5, 0.6) is 0 Å². The van der Waals surface area contributed by atoms with Crippen molar-refractivity contribution in [3.8, 4) is 0 Å². The van der Waals surface area contributed by atoms with E-state index in [4.69, 9.17) is 0 Å². The quantitative estimate of drug-likeness (QED) is 0.769. The highest BCUT2D eigenvalue weighted by Gasteiger charge is 2.33. The molecule has 1 atom stereocenters. The monoisotopic (exact) mass is 263 g/mol. The molecule has 1 unspecified atom stereocenters. The van der Waals surface area contributed by atoms with E-state index in [1.54, 1.807) is 0 Å². The fourth-order valence-electron chi connectivity index (χ4n) is 2.44. The summed E-state index contributed by atoms with van der Waals surface area (Å²) >= 11 is 4.24. The van der Waals surface area contributed by atoms with Crippen LogP contribution in [0.3, 0.4) is 0 Å². The predicted octanol–water partition coefficient (Wildman–Crippen LogP) is 3.48. The van der Waals surface area contributed by atoms with Gasteiger partial charge in [0, 0.05) is 23.5 Å². The van der Waals surface area contributed by atoms with Crippen molar-refractivity contribution < 1.29 is 4.79 Å². The van der Waals surface area contributed by atoms with Crippen LogP contribution < -0.4 is 0 Å². The molecule has 1 aromatic rings. The Bertz CT molecular complexity index is 433. The van der Waals surface area contributed by atoms with Gasteiger partial charge in [-0.3, -0.25) is 4.79 Å². The Morgan fingerprint density at radius 2 is 1.89 bits per heavy atom. The van der Waals surface area contributed by atoms with Gasteiger partial charge < -0.3 is 4.90 Å². The van der Waals surface area contributed by atoms with E-state index >= 15 is 0 Å². The van der Waals surface area contributed by atoms with Crippen molar-refractivity contribution in [2.24, 2.45) is 11.3 Å². The van der Waals surface area contributed by atoms with Crippen molar-refractivity contribution in [3.63, 3.8) is 0 Å². The highest BCUT2D eigenvalue weighted by Crippen LogP contribution is 2.34. The largest absolute Gasteiger partial charge is 0.338 e. The minimum Gasteiger partial charge on any atom is -0.338 e. The average Bonchev–Trinajstić information content (AvgIpc) is 2.78. The molecule has 0 saturated carbocycles. The lowest BCUT2D eigenvalue weighted by Gasteiger charge is -2.27. The molecule has 1 aliphatic rings. The number of hydrogen-bond acceptors (Lipinski definition) is 2. The molecule has 0 N–H and O–H groups in total. The Labute approximate surface area is 115 Å². The summed E-state index contributed by atoms with van der Waals surface area (Å²) in [4.78, 5) is 15.2. The molecule has 1 aliphatic heterocycles. The summed E-state index contributed by atoms with van der Waals surface area (Å²) in [6.45, 7) is 8.51. The molecule has 1 fully saturated rings. The maximum absolute atomic E-state index is 12.3. The zero-order chi connectivity index (χ0) is 13.3. The molecule has 1 heterocycles. The molecule has 0 spiro atoms. The maximum Gasteiger partial charge on any atom is 0.253 e. The third kappa shape index (κ3) is 2.89. The van der Waals surface area contributed by atoms with Gasteiger partial charge in [0.2, 0.25) is 0 Å². The van der Waals surface area contributed by atoms with Crippen molar-refractivity contribution in [2.75, 3.05) is 13.1 Å². The molecule has 18 heavy (non-hydrogen) atoms. The first-order valence-corrected chi connectivity index (χ1v) is 6.91. The van der Waals surface area contributed by atoms with Crippen molar-refractivity contribution >= 4 is 18.5 Å². The lowest BCUT2D eigenvalue weighted by atomic mass is 9.80. The van der Waals surface area contributed by atoms with Crippen molar-refractivity contribution in [1.82, 2.24) is 4.90 Å². The molecule has 0 aliphatic carbocycles. The average molecular weight is 263 g/mol. The number of likely N-dealkylation sites (tertiary alicyclic amines) is 1. The third-order valence-electron chi connectivity index (χ3n) is 3.81. The number of benzene rings is 1. The number of amides is 1. The molecule has 98 valence electrons. The first kappa shape index (κ1) is 13.5. The molecule has 1 amide bonds. The minimum absolute atomic E-state index is 0.148. The van der Waals surface area contributed by atoms with Gasteiger partial charge in [-0.1, -0.05) is 20.8 Å². The number of rotatable bonds is 1. The molecule has 3 heteroatoms. The first-order valence-electron chi connectivity index (χ1n) is 6.46. The molecule has 1 aromatic carbocycles. The van der Waals surface area contributed by atoms with Crippen LogP contribution in [0.2, 0.25) is 0 Å². The summed E-state index contributed by atoms with van der Waals surface area (Å²) in [7, 11) is 0. The van der Waals surface area contributed by atoms with E-state index in [0.717, 1.165) is 30.0 Å². The van der Waals surface area contributed by atoms with E-state index in [0.29, 0.717) is 5.92 Å². The molecule has 2 rings (SSSR count). The Morgan fingerprint density at radius 3 is 2.39 bits per heavy atom. The first-order chi connectivity index (χ1) is 8.38. The van der Waals surface area contributed by atoms with E-state index in [9.17, 15) is 4.79 Å². The highest BCUT2D eigenvalue weighted by molar-refractivity contribution is 7.80. The summed E-state index contributed by atoms with van der Waals surface area (Å²) in [5.74, 6) is 0.751. The van der Waals surface area contributed by atoms with Crippen LogP contribution in [0.15, 0.2) is 29.2 Å². The van der Waals surface area contributed by atoms with Crippen molar-refractivity contribution in [1.29, 1.82) is 0 Å². The van der Waals surface area contributed by atoms with Crippen LogP contribution in [0.4, 0.5) is 0 Å². The van der Waals surface area contributed by atoms with Gasteiger partial charge >= 0.3 is 0 Å². The summed E-state index contributed by atoms with van der Waals surface area (Å²) < 4.78 is 0. The van der Waals surface area contributed by atoms with Gasteiger partial charge in [0.05, 0.1) is 0 Å². The summed E-state index contributed by atoms with van der Waals surface area (Å²) in [5.41, 5.74) is 1.05. The van der Waals surface area contributed by atoms with Crippen LogP contribution in [-0.2, 0) is 0 Å². The van der Waals surface area contributed by atoms with E-state index in [-0.39, 0.29) is 11.3 Å². The zero-order valence-electron chi connectivity index (χ0n) is 11.3. The van der Waals surface area contributed by atoms with Gasteiger partial charge in [-0.25, -0.2) is 0 Å². The van der Waals surface area contributed by atoms with Crippen LogP contribution in [-0.4, -0.2) is 23.9 Å². The number of hydrogen-bond donors (Lipinski definition) is 1. The Kier molecular flexibility index (Phi) is 3.71. The molecular weight excluding hydrogens is 242 g/mol. The molecule has 0 bridgehead atoms. The van der Waals surface area contributed by atoms with Gasteiger partial charge in [0.1, 0.15) is 0 Å². The Balaban J connectivity index is 2.06. The standard InChI is InChI=1S/C15H21NOS/c1-15(2,3)12-8-9-16(10-12)14(17)11-4-6-13(18)7-5-11/h4-7,12,18H,8-10H2,1-3H3. The molecule has 0 radical (unpaired) electrons. The predicted molar refractivity (Wildman–Crippen MR) is 77.2 cm³/mol. The smallest absolute Gasteiger partial charge is 0.253 e. The third-order valence-corrected chi connectivity index (χ3v) is 4.11. The second-order valence-corrected chi connectivity index (χ2v) is 6.67. The number of nitrogens with zero attached hydrogens (tertiary/aromatic N) is 1. The number of thiol groups is 1. The van der Waals surface area contributed by atoms with Crippen LogP contribution in [0, 0.1) is 11.3 Å². The highest BCUT2D eigenvalue weighted by atomic mass is 32.1. The van der Waals surface area contributed by atoms with Gasteiger partial charge in [0.15, 0.2) is 0 Å². The normalized spacial score (nSPS) is 20.2. The van der Waals surface area contributed by atoms with Crippen molar-refractivity contribution in [2.45, 2.75) is 32.1 Å². The molecule has 1 saturated heterocycles. The van der Waals surface area contributed by atoms with E-state index in [1.165, 1.54) is 0 Å². The molecule has 0 aromatic heterocycles. The van der Waals surface area contributed by atoms with E-state index in [2.05, 4.69) is 33.4 Å². The van der Waals surface area contributed by atoms with Crippen LogP contribution in [0.25, 0.3) is 0 Å². The fourth-order valence-corrected chi connectivity index (χ4v) is 2.59. The van der Waals surface area contributed by atoms with Gasteiger partial charge in [0.25, 0.3) is 5.91 Å². The maximum atomic E-state index is 12.3. The van der Waals surface area contributed by atoms with Crippen LogP contribution in [0.1, 0.15) is 37.6 Å². The molecular formula is C15H21NOS. The summed E-state index contributed by atoms with van der Waals surface area (Å²) in [6, 6.07) is 7.45.